The third-order valence-corrected chi connectivity index (χ3v) is 6.12. The minimum absolute atomic E-state index is 0.0590. The highest BCUT2D eigenvalue weighted by Gasteiger charge is 2.27. The van der Waals surface area contributed by atoms with Gasteiger partial charge in [-0.25, -0.2) is 16.8 Å². The molecule has 0 amide bonds. The average Bonchev–Trinajstić information content (AvgIpc) is 2.54. The van der Waals surface area contributed by atoms with Gasteiger partial charge in [-0.3, -0.25) is 0 Å². The molecule has 0 aromatic rings. The van der Waals surface area contributed by atoms with E-state index in [4.69, 9.17) is 0 Å². The van der Waals surface area contributed by atoms with E-state index in [1.54, 1.807) is 0 Å². The molecule has 0 bridgehead atoms. The summed E-state index contributed by atoms with van der Waals surface area (Å²) in [5, 5.41) is 0.933. The molecule has 1 heterocycles. The zero-order valence-electron chi connectivity index (χ0n) is 9.48. The molecule has 16 heavy (non-hydrogen) atoms. The fraction of sp³-hybridized carbons (Fsp3) is 0.800. The molecule has 1 aliphatic rings. The molecule has 0 N–H and O–H groups in total. The molecule has 94 valence electrons. The Balaban J connectivity index is 2.59. The monoisotopic (exact) mass is 266 g/mol. The van der Waals surface area contributed by atoms with E-state index < -0.39 is 19.7 Å². The summed E-state index contributed by atoms with van der Waals surface area (Å²) >= 11 is 0. The third kappa shape index (κ3) is 3.90. The maximum absolute atomic E-state index is 11.8. The first kappa shape index (κ1) is 13.7. The summed E-state index contributed by atoms with van der Waals surface area (Å²) in [5.74, 6) is 0.0187. The highest BCUT2D eigenvalue weighted by atomic mass is 32.2. The van der Waals surface area contributed by atoms with E-state index >= 15 is 0 Å². The van der Waals surface area contributed by atoms with E-state index in [0.717, 1.165) is 24.7 Å². The van der Waals surface area contributed by atoms with E-state index in [1.165, 1.54) is 0 Å². The Morgan fingerprint density at radius 2 is 1.94 bits per heavy atom. The second-order valence-corrected chi connectivity index (χ2v) is 8.21. The predicted molar refractivity (Wildman–Crippen MR) is 64.4 cm³/mol. The van der Waals surface area contributed by atoms with Gasteiger partial charge in [0.05, 0.1) is 16.4 Å². The molecular weight excluding hydrogens is 248 g/mol. The van der Waals surface area contributed by atoms with Crippen molar-refractivity contribution < 1.29 is 16.8 Å². The van der Waals surface area contributed by atoms with Gasteiger partial charge < -0.3 is 0 Å². The number of unbranched alkanes of at least 4 members (excludes halogenated alkanes) is 3. The van der Waals surface area contributed by atoms with Gasteiger partial charge in [-0.05, 0) is 12.8 Å². The van der Waals surface area contributed by atoms with Gasteiger partial charge in [0, 0.05) is 5.41 Å². The van der Waals surface area contributed by atoms with E-state index in [-0.39, 0.29) is 22.8 Å². The molecule has 0 unspecified atom stereocenters. The number of sulfone groups is 2. The molecule has 6 heteroatoms. The molecule has 0 fully saturated rings. The topological polar surface area (TPSA) is 68.3 Å². The molecular formula is C10H18O4S2. The minimum atomic E-state index is -3.33. The van der Waals surface area contributed by atoms with Crippen LogP contribution in [0, 0.1) is 0 Å². The lowest BCUT2D eigenvalue weighted by Crippen LogP contribution is -2.08. The van der Waals surface area contributed by atoms with Crippen LogP contribution in [0.5, 0.6) is 0 Å². The maximum Gasteiger partial charge on any atom is 0.175 e. The number of hydrogen-bond donors (Lipinski definition) is 0. The maximum atomic E-state index is 11.8. The van der Waals surface area contributed by atoms with Crippen LogP contribution in [0.2, 0.25) is 0 Å². The summed E-state index contributed by atoms with van der Waals surface area (Å²) < 4.78 is 45.7. The highest BCUT2D eigenvalue weighted by molar-refractivity contribution is 7.99. The predicted octanol–water partition coefficient (Wildman–Crippen LogP) is 1.64. The van der Waals surface area contributed by atoms with Crippen molar-refractivity contribution in [3.8, 4) is 0 Å². The van der Waals surface area contributed by atoms with Crippen molar-refractivity contribution in [2.75, 3.05) is 11.5 Å². The molecule has 0 aliphatic carbocycles. The molecule has 0 aromatic carbocycles. The van der Waals surface area contributed by atoms with E-state index in [2.05, 4.69) is 6.92 Å². The Kier molecular flexibility index (Phi) is 4.55. The van der Waals surface area contributed by atoms with Gasteiger partial charge >= 0.3 is 0 Å². The van der Waals surface area contributed by atoms with Crippen molar-refractivity contribution in [1.82, 2.24) is 0 Å². The lowest BCUT2D eigenvalue weighted by atomic mass is 10.2. The molecule has 4 nitrogen and oxygen atoms in total. The van der Waals surface area contributed by atoms with Crippen LogP contribution in [-0.2, 0) is 19.7 Å². The first-order chi connectivity index (χ1) is 7.37. The van der Waals surface area contributed by atoms with Gasteiger partial charge in [-0.1, -0.05) is 26.2 Å². The lowest BCUT2D eigenvalue weighted by molar-refractivity contribution is 0.594. The molecule has 0 spiro atoms. The van der Waals surface area contributed by atoms with Crippen LogP contribution in [-0.4, -0.2) is 28.3 Å². The largest absolute Gasteiger partial charge is 0.224 e. The molecule has 0 saturated heterocycles. The second-order valence-electron chi connectivity index (χ2n) is 4.08. The van der Waals surface area contributed by atoms with Crippen molar-refractivity contribution >= 4 is 19.7 Å². The Morgan fingerprint density at radius 1 is 1.25 bits per heavy atom. The first-order valence-electron chi connectivity index (χ1n) is 5.53. The minimum Gasteiger partial charge on any atom is -0.224 e. The van der Waals surface area contributed by atoms with Crippen LogP contribution in [0.25, 0.3) is 0 Å². The molecule has 0 atom stereocenters. The van der Waals surface area contributed by atoms with E-state index in [9.17, 15) is 16.8 Å². The Morgan fingerprint density at radius 3 is 2.44 bits per heavy atom. The number of allylic oxidation sites excluding steroid dienone is 1. The zero-order chi connectivity index (χ0) is 12.2. The van der Waals surface area contributed by atoms with Gasteiger partial charge in [0.15, 0.2) is 19.7 Å². The summed E-state index contributed by atoms with van der Waals surface area (Å²) in [4.78, 5) is 0.101. The quantitative estimate of drug-likeness (QED) is 0.685. The average molecular weight is 266 g/mol. The van der Waals surface area contributed by atoms with Gasteiger partial charge in [0.25, 0.3) is 0 Å². The lowest BCUT2D eigenvalue weighted by Gasteiger charge is -2.03. The van der Waals surface area contributed by atoms with E-state index in [1.807, 2.05) is 0 Å². The Bertz CT molecular complexity index is 457. The van der Waals surface area contributed by atoms with Crippen LogP contribution in [0.3, 0.4) is 0 Å². The van der Waals surface area contributed by atoms with Gasteiger partial charge in [0.2, 0.25) is 0 Å². The van der Waals surface area contributed by atoms with Gasteiger partial charge in [-0.2, -0.15) is 0 Å². The normalized spacial score (nSPS) is 19.7. The summed E-state index contributed by atoms with van der Waals surface area (Å²) in [5.41, 5.74) is 0. The van der Waals surface area contributed by atoms with Gasteiger partial charge in [-0.15, -0.1) is 0 Å². The summed E-state index contributed by atoms with van der Waals surface area (Å²) in [6, 6.07) is 0. The number of hydrogen-bond acceptors (Lipinski definition) is 4. The van der Waals surface area contributed by atoms with Gasteiger partial charge in [0.1, 0.15) is 0 Å². The third-order valence-electron chi connectivity index (χ3n) is 2.61. The van der Waals surface area contributed by atoms with Crippen molar-refractivity contribution in [3.63, 3.8) is 0 Å². The van der Waals surface area contributed by atoms with Crippen molar-refractivity contribution in [2.45, 2.75) is 39.0 Å². The van der Waals surface area contributed by atoms with Crippen molar-refractivity contribution in [3.05, 3.63) is 10.3 Å². The Labute approximate surface area is 97.6 Å². The zero-order valence-corrected chi connectivity index (χ0v) is 11.1. The van der Waals surface area contributed by atoms with Crippen molar-refractivity contribution in [1.29, 1.82) is 0 Å². The SMILES string of the molecule is CCCCCCS(=O)(=O)C1=CS(=O)(=O)CC1. The first-order valence-corrected chi connectivity index (χ1v) is 8.90. The number of rotatable bonds is 6. The van der Waals surface area contributed by atoms with E-state index in [0.29, 0.717) is 6.42 Å². The van der Waals surface area contributed by atoms with Crippen LogP contribution in [0.15, 0.2) is 10.3 Å². The highest BCUT2D eigenvalue weighted by Crippen LogP contribution is 2.23. The molecule has 1 rings (SSSR count). The summed E-state index contributed by atoms with van der Waals surface area (Å²) in [7, 11) is -6.58. The standard InChI is InChI=1S/C10H18O4S2/c1-2-3-4-5-7-16(13,14)10-6-8-15(11,12)9-10/h9H,2-8H2,1H3. The fourth-order valence-corrected chi connectivity index (χ4v) is 5.20. The molecule has 0 saturated carbocycles. The van der Waals surface area contributed by atoms with Crippen molar-refractivity contribution in [2.24, 2.45) is 0 Å². The summed E-state index contributed by atoms with van der Waals surface area (Å²) in [6.07, 6.45) is 3.73. The molecule has 1 aliphatic heterocycles. The Hall–Kier alpha value is -0.360. The summed E-state index contributed by atoms with van der Waals surface area (Å²) in [6.45, 7) is 2.06. The molecule has 0 radical (unpaired) electrons. The van der Waals surface area contributed by atoms with Crippen LogP contribution in [0.4, 0.5) is 0 Å². The second kappa shape index (κ2) is 5.31. The van der Waals surface area contributed by atoms with Crippen LogP contribution < -0.4 is 0 Å². The molecule has 0 aromatic heterocycles. The smallest absolute Gasteiger partial charge is 0.175 e. The fourth-order valence-electron chi connectivity index (χ4n) is 1.64. The van der Waals surface area contributed by atoms with Crippen LogP contribution >= 0.6 is 0 Å². The van der Waals surface area contributed by atoms with Crippen LogP contribution in [0.1, 0.15) is 39.0 Å².